The molecule has 16 heavy (non-hydrogen) atoms. The summed E-state index contributed by atoms with van der Waals surface area (Å²) in [5.74, 6) is 0. The van der Waals surface area contributed by atoms with Gasteiger partial charge in [0.25, 0.3) is 0 Å². The van der Waals surface area contributed by atoms with E-state index < -0.39 is 11.1 Å². The number of hydrogen-bond donors (Lipinski definition) is 1. The molecule has 2 heteroatoms. The molecular weight excluding hydrogens is 201 g/mol. The van der Waals surface area contributed by atoms with Crippen LogP contribution in [0.15, 0.2) is 18.2 Å². The minimum atomic E-state index is -1.47. The molecule has 1 nitrogen and oxygen atoms in total. The third-order valence-corrected chi connectivity index (χ3v) is 3.29. The van der Waals surface area contributed by atoms with Gasteiger partial charge in [0.05, 0.1) is 0 Å². The van der Waals surface area contributed by atoms with Crippen molar-refractivity contribution in [2.75, 3.05) is 6.54 Å². The van der Waals surface area contributed by atoms with Gasteiger partial charge in [0.2, 0.25) is 0 Å². The zero-order valence-corrected chi connectivity index (χ0v) is 10.9. The van der Waals surface area contributed by atoms with Crippen molar-refractivity contribution < 1.29 is 4.39 Å². The summed E-state index contributed by atoms with van der Waals surface area (Å²) in [4.78, 5) is 0. The number of hydrogen-bond acceptors (Lipinski definition) is 1. The molecule has 0 fully saturated rings. The maximum Gasteiger partial charge on any atom is 0.153 e. The minimum absolute atomic E-state index is 0.0147. The Morgan fingerprint density at radius 1 is 1.19 bits per heavy atom. The zero-order chi connectivity index (χ0) is 12.6. The van der Waals surface area contributed by atoms with Gasteiger partial charge in [-0.25, -0.2) is 4.39 Å². The van der Waals surface area contributed by atoms with Gasteiger partial charge in [-0.1, -0.05) is 44.5 Å². The Labute approximate surface area is 97.9 Å². The van der Waals surface area contributed by atoms with Crippen LogP contribution in [0.1, 0.15) is 37.5 Å². The normalized spacial score (nSPS) is 15.9. The van der Waals surface area contributed by atoms with Crippen LogP contribution >= 0.6 is 0 Å². The SMILES string of the molecule is Cc1ccc(C)c(C(F)(CN)C(C)(C)C)c1. The van der Waals surface area contributed by atoms with Gasteiger partial charge in [-0.3, -0.25) is 0 Å². The van der Waals surface area contributed by atoms with Gasteiger partial charge in [-0.15, -0.1) is 0 Å². The fourth-order valence-corrected chi connectivity index (χ4v) is 1.98. The van der Waals surface area contributed by atoms with E-state index in [2.05, 4.69) is 0 Å². The number of nitrogens with two attached hydrogens (primary N) is 1. The van der Waals surface area contributed by atoms with Gasteiger partial charge in [-0.05, 0) is 25.0 Å². The van der Waals surface area contributed by atoms with Crippen LogP contribution in [-0.4, -0.2) is 6.54 Å². The first-order chi connectivity index (χ1) is 7.22. The van der Waals surface area contributed by atoms with Crippen LogP contribution in [0.25, 0.3) is 0 Å². The van der Waals surface area contributed by atoms with Gasteiger partial charge in [-0.2, -0.15) is 0 Å². The van der Waals surface area contributed by atoms with E-state index in [4.69, 9.17) is 5.73 Å². The van der Waals surface area contributed by atoms with E-state index in [1.54, 1.807) is 0 Å². The monoisotopic (exact) mass is 223 g/mol. The molecule has 1 atom stereocenters. The summed E-state index contributed by atoms with van der Waals surface area (Å²) in [5, 5.41) is 0. The largest absolute Gasteiger partial charge is 0.327 e. The molecule has 0 saturated carbocycles. The van der Waals surface area contributed by atoms with E-state index >= 15 is 4.39 Å². The van der Waals surface area contributed by atoms with Crippen LogP contribution in [0.3, 0.4) is 0 Å². The second kappa shape index (κ2) is 4.17. The van der Waals surface area contributed by atoms with Crippen molar-refractivity contribution >= 4 is 0 Å². The highest BCUT2D eigenvalue weighted by atomic mass is 19.1. The Morgan fingerprint density at radius 2 is 1.75 bits per heavy atom. The summed E-state index contributed by atoms with van der Waals surface area (Å²) in [7, 11) is 0. The third-order valence-electron chi connectivity index (χ3n) is 3.29. The molecule has 0 aliphatic heterocycles. The average Bonchev–Trinajstić information content (AvgIpc) is 2.19. The lowest BCUT2D eigenvalue weighted by Gasteiger charge is -2.38. The molecule has 0 radical (unpaired) electrons. The lowest BCUT2D eigenvalue weighted by Crippen LogP contribution is -2.43. The minimum Gasteiger partial charge on any atom is -0.327 e. The van der Waals surface area contributed by atoms with Gasteiger partial charge in [0, 0.05) is 12.0 Å². The number of halogens is 1. The van der Waals surface area contributed by atoms with E-state index in [1.165, 1.54) is 0 Å². The number of alkyl halides is 1. The van der Waals surface area contributed by atoms with E-state index in [-0.39, 0.29) is 6.54 Å². The molecular formula is C14H22FN. The Balaban J connectivity index is 3.39. The van der Waals surface area contributed by atoms with E-state index in [9.17, 15) is 0 Å². The van der Waals surface area contributed by atoms with Crippen molar-refractivity contribution in [3.8, 4) is 0 Å². The molecule has 2 N–H and O–H groups in total. The van der Waals surface area contributed by atoms with Crippen LogP contribution < -0.4 is 5.73 Å². The average molecular weight is 223 g/mol. The van der Waals surface area contributed by atoms with Gasteiger partial charge < -0.3 is 5.73 Å². The molecule has 0 heterocycles. The Bertz CT molecular complexity index is 379. The van der Waals surface area contributed by atoms with E-state index in [0.29, 0.717) is 0 Å². The maximum absolute atomic E-state index is 15.1. The maximum atomic E-state index is 15.1. The predicted octanol–water partition coefficient (Wildman–Crippen LogP) is 3.47. The summed E-state index contributed by atoms with van der Waals surface area (Å²) in [6.07, 6.45) is 0. The summed E-state index contributed by atoms with van der Waals surface area (Å²) in [6.45, 7) is 9.60. The van der Waals surface area contributed by atoms with Gasteiger partial charge >= 0.3 is 0 Å². The zero-order valence-electron chi connectivity index (χ0n) is 10.9. The van der Waals surface area contributed by atoms with Crippen LogP contribution in [0.2, 0.25) is 0 Å². The summed E-state index contributed by atoms with van der Waals surface area (Å²) < 4.78 is 15.1. The molecule has 1 aromatic carbocycles. The highest BCUT2D eigenvalue weighted by molar-refractivity contribution is 5.36. The van der Waals surface area contributed by atoms with Crippen LogP contribution in [0.4, 0.5) is 4.39 Å². The number of rotatable bonds is 2. The molecule has 0 bridgehead atoms. The second-order valence-corrected chi connectivity index (χ2v) is 5.57. The molecule has 1 rings (SSSR count). The highest BCUT2D eigenvalue weighted by Gasteiger charge is 2.43. The molecule has 0 spiro atoms. The fraction of sp³-hybridized carbons (Fsp3) is 0.571. The Hall–Kier alpha value is -0.890. The van der Waals surface area contributed by atoms with E-state index in [1.807, 2.05) is 52.8 Å². The number of aryl methyl sites for hydroxylation is 2. The van der Waals surface area contributed by atoms with Crippen molar-refractivity contribution in [2.45, 2.75) is 40.3 Å². The molecule has 0 aliphatic rings. The highest BCUT2D eigenvalue weighted by Crippen LogP contribution is 2.43. The number of benzene rings is 1. The van der Waals surface area contributed by atoms with Crippen LogP contribution in [0.5, 0.6) is 0 Å². The van der Waals surface area contributed by atoms with Gasteiger partial charge in [0.15, 0.2) is 5.67 Å². The molecule has 0 aromatic heterocycles. The molecule has 0 aliphatic carbocycles. The fourth-order valence-electron chi connectivity index (χ4n) is 1.98. The lowest BCUT2D eigenvalue weighted by atomic mass is 9.72. The first-order valence-electron chi connectivity index (χ1n) is 5.69. The van der Waals surface area contributed by atoms with Crippen molar-refractivity contribution in [3.05, 3.63) is 34.9 Å². The third kappa shape index (κ3) is 2.12. The molecule has 90 valence electrons. The summed E-state index contributed by atoms with van der Waals surface area (Å²) >= 11 is 0. The predicted molar refractivity (Wildman–Crippen MR) is 67.2 cm³/mol. The van der Waals surface area contributed by atoms with Crippen molar-refractivity contribution in [2.24, 2.45) is 11.1 Å². The standard InChI is InChI=1S/C14H22FN/c1-10-6-7-11(2)12(8-10)14(15,9-16)13(3,4)5/h6-8H,9,16H2,1-5H3. The van der Waals surface area contributed by atoms with Gasteiger partial charge in [0.1, 0.15) is 0 Å². The Kier molecular flexibility index (Phi) is 3.44. The topological polar surface area (TPSA) is 26.0 Å². The summed E-state index contributed by atoms with van der Waals surface area (Å²) in [5.41, 5.74) is 6.46. The molecule has 1 aromatic rings. The quantitative estimate of drug-likeness (QED) is 0.816. The van der Waals surface area contributed by atoms with Crippen LogP contribution in [0, 0.1) is 19.3 Å². The second-order valence-electron chi connectivity index (χ2n) is 5.57. The molecule has 0 amide bonds. The first kappa shape index (κ1) is 13.2. The summed E-state index contributed by atoms with van der Waals surface area (Å²) in [6, 6.07) is 5.87. The van der Waals surface area contributed by atoms with E-state index in [0.717, 1.165) is 16.7 Å². The molecule has 1 unspecified atom stereocenters. The molecule has 0 saturated heterocycles. The van der Waals surface area contributed by atoms with Crippen molar-refractivity contribution in [1.82, 2.24) is 0 Å². The first-order valence-corrected chi connectivity index (χ1v) is 5.69. The smallest absolute Gasteiger partial charge is 0.153 e. The Morgan fingerprint density at radius 3 is 2.19 bits per heavy atom. The lowest BCUT2D eigenvalue weighted by molar-refractivity contribution is 0.0336. The van der Waals surface area contributed by atoms with Crippen molar-refractivity contribution in [3.63, 3.8) is 0 Å². The van der Waals surface area contributed by atoms with Crippen LogP contribution in [-0.2, 0) is 5.67 Å². The van der Waals surface area contributed by atoms with Crippen molar-refractivity contribution in [1.29, 1.82) is 0 Å².